The number of anilines is 1. The molecule has 0 spiro atoms. The van der Waals surface area contributed by atoms with Crippen LogP contribution in [0.15, 0.2) is 79.0 Å². The SMILES string of the molecule is Cn1c(-c2ccc(Cl)c(Cl)c2)cnc1NCc1cccc(Oc2ccccc2)c1. The summed E-state index contributed by atoms with van der Waals surface area (Å²) in [6.07, 6.45) is 1.82. The molecule has 0 aliphatic carbocycles. The molecule has 6 heteroatoms. The van der Waals surface area contributed by atoms with Crippen molar-refractivity contribution in [1.29, 1.82) is 0 Å². The lowest BCUT2D eigenvalue weighted by Crippen LogP contribution is -2.05. The van der Waals surface area contributed by atoms with Crippen molar-refractivity contribution in [2.24, 2.45) is 7.05 Å². The van der Waals surface area contributed by atoms with Crippen LogP contribution in [-0.4, -0.2) is 9.55 Å². The summed E-state index contributed by atoms with van der Waals surface area (Å²) in [4.78, 5) is 4.49. The first-order valence-electron chi connectivity index (χ1n) is 9.13. The van der Waals surface area contributed by atoms with Crippen LogP contribution in [0.5, 0.6) is 11.5 Å². The van der Waals surface area contributed by atoms with Gasteiger partial charge in [0.1, 0.15) is 11.5 Å². The van der Waals surface area contributed by atoms with E-state index in [0.29, 0.717) is 16.6 Å². The summed E-state index contributed by atoms with van der Waals surface area (Å²) >= 11 is 12.2. The molecule has 0 unspecified atom stereocenters. The Balaban J connectivity index is 1.46. The molecule has 0 atom stereocenters. The Morgan fingerprint density at radius 2 is 1.69 bits per heavy atom. The van der Waals surface area contributed by atoms with Gasteiger partial charge >= 0.3 is 0 Å². The van der Waals surface area contributed by atoms with Gasteiger partial charge in [-0.05, 0) is 42.0 Å². The molecule has 1 heterocycles. The number of imidazole rings is 1. The lowest BCUT2D eigenvalue weighted by molar-refractivity contribution is 0.482. The van der Waals surface area contributed by atoms with Gasteiger partial charge in [0.05, 0.1) is 21.9 Å². The molecular weight excluding hydrogens is 405 g/mol. The van der Waals surface area contributed by atoms with E-state index in [4.69, 9.17) is 27.9 Å². The van der Waals surface area contributed by atoms with Gasteiger partial charge in [-0.1, -0.05) is 59.6 Å². The van der Waals surface area contributed by atoms with E-state index in [-0.39, 0.29) is 0 Å². The highest BCUT2D eigenvalue weighted by Gasteiger charge is 2.10. The summed E-state index contributed by atoms with van der Waals surface area (Å²) in [6.45, 7) is 0.623. The van der Waals surface area contributed by atoms with E-state index in [0.717, 1.165) is 34.3 Å². The van der Waals surface area contributed by atoms with Crippen molar-refractivity contribution in [2.45, 2.75) is 6.54 Å². The van der Waals surface area contributed by atoms with Crippen LogP contribution in [0.1, 0.15) is 5.56 Å². The van der Waals surface area contributed by atoms with E-state index in [1.807, 2.05) is 84.5 Å². The summed E-state index contributed by atoms with van der Waals surface area (Å²) in [5.74, 6) is 2.38. The fraction of sp³-hybridized carbons (Fsp3) is 0.0870. The van der Waals surface area contributed by atoms with Gasteiger partial charge in [-0.2, -0.15) is 0 Å². The van der Waals surface area contributed by atoms with Crippen LogP contribution in [-0.2, 0) is 13.6 Å². The van der Waals surface area contributed by atoms with Crippen molar-refractivity contribution in [1.82, 2.24) is 9.55 Å². The van der Waals surface area contributed by atoms with Gasteiger partial charge in [0.2, 0.25) is 5.95 Å². The minimum atomic E-state index is 0.523. The molecule has 0 saturated carbocycles. The lowest BCUT2D eigenvalue weighted by atomic mass is 10.2. The van der Waals surface area contributed by atoms with Crippen LogP contribution in [0.4, 0.5) is 5.95 Å². The van der Waals surface area contributed by atoms with E-state index in [1.165, 1.54) is 0 Å². The predicted octanol–water partition coefficient (Wildman–Crippen LogP) is 6.80. The summed E-state index contributed by atoms with van der Waals surface area (Å²) in [6, 6.07) is 23.3. The molecule has 0 fully saturated rings. The summed E-state index contributed by atoms with van der Waals surface area (Å²) in [5, 5.41) is 4.43. The zero-order chi connectivity index (χ0) is 20.2. The number of rotatable bonds is 6. The number of halogens is 2. The average Bonchev–Trinajstić information content (AvgIpc) is 3.10. The number of para-hydroxylation sites is 1. The first-order chi connectivity index (χ1) is 14.1. The quantitative estimate of drug-likeness (QED) is 0.370. The van der Waals surface area contributed by atoms with Gasteiger partial charge in [0.15, 0.2) is 0 Å². The van der Waals surface area contributed by atoms with E-state index >= 15 is 0 Å². The zero-order valence-corrected chi connectivity index (χ0v) is 17.3. The third-order valence-corrected chi connectivity index (χ3v) is 5.27. The van der Waals surface area contributed by atoms with Crippen LogP contribution < -0.4 is 10.1 Å². The van der Waals surface area contributed by atoms with Crippen molar-refractivity contribution in [3.05, 3.63) is 94.6 Å². The molecule has 1 aromatic heterocycles. The number of ether oxygens (including phenoxy) is 1. The Kier molecular flexibility index (Phi) is 5.74. The van der Waals surface area contributed by atoms with E-state index in [9.17, 15) is 0 Å². The largest absolute Gasteiger partial charge is 0.457 e. The van der Waals surface area contributed by atoms with Crippen LogP contribution in [0, 0.1) is 0 Å². The molecule has 4 aromatic rings. The monoisotopic (exact) mass is 423 g/mol. The molecule has 146 valence electrons. The van der Waals surface area contributed by atoms with Gasteiger partial charge in [0, 0.05) is 19.2 Å². The standard InChI is InChI=1S/C23H19Cl2N3O/c1-28-22(17-10-11-20(24)21(25)13-17)15-27-23(28)26-14-16-6-5-9-19(12-16)29-18-7-3-2-4-8-18/h2-13,15H,14H2,1H3,(H,26,27). The molecule has 3 aromatic carbocycles. The normalized spacial score (nSPS) is 10.7. The first kappa shape index (κ1) is 19.4. The minimum Gasteiger partial charge on any atom is -0.457 e. The van der Waals surface area contributed by atoms with E-state index in [1.54, 1.807) is 6.07 Å². The van der Waals surface area contributed by atoms with Crippen LogP contribution in [0.25, 0.3) is 11.3 Å². The van der Waals surface area contributed by atoms with Gasteiger partial charge in [-0.3, -0.25) is 0 Å². The summed E-state index contributed by atoms with van der Waals surface area (Å²) < 4.78 is 7.90. The first-order valence-corrected chi connectivity index (χ1v) is 9.88. The number of benzene rings is 3. The topological polar surface area (TPSA) is 39.1 Å². The second kappa shape index (κ2) is 8.60. The summed E-state index contributed by atoms with van der Waals surface area (Å²) in [5.41, 5.74) is 3.01. The van der Waals surface area contributed by atoms with Crippen molar-refractivity contribution in [3.8, 4) is 22.8 Å². The van der Waals surface area contributed by atoms with E-state index < -0.39 is 0 Å². The highest BCUT2D eigenvalue weighted by atomic mass is 35.5. The van der Waals surface area contributed by atoms with Gasteiger partial charge in [-0.25, -0.2) is 4.98 Å². The Morgan fingerprint density at radius 1 is 0.897 bits per heavy atom. The fourth-order valence-corrected chi connectivity index (χ4v) is 3.32. The lowest BCUT2D eigenvalue weighted by Gasteiger charge is -2.10. The van der Waals surface area contributed by atoms with E-state index in [2.05, 4.69) is 10.3 Å². The number of nitrogens with one attached hydrogen (secondary N) is 1. The number of hydrogen-bond acceptors (Lipinski definition) is 3. The Morgan fingerprint density at radius 3 is 2.48 bits per heavy atom. The highest BCUT2D eigenvalue weighted by molar-refractivity contribution is 6.42. The van der Waals surface area contributed by atoms with Crippen LogP contribution in [0.2, 0.25) is 10.0 Å². The van der Waals surface area contributed by atoms with Crippen molar-refractivity contribution in [3.63, 3.8) is 0 Å². The summed E-state index contributed by atoms with van der Waals surface area (Å²) in [7, 11) is 1.96. The molecule has 0 amide bonds. The molecule has 4 rings (SSSR count). The van der Waals surface area contributed by atoms with Crippen molar-refractivity contribution in [2.75, 3.05) is 5.32 Å². The van der Waals surface area contributed by atoms with Crippen LogP contribution in [0.3, 0.4) is 0 Å². The molecule has 0 aliphatic heterocycles. The molecule has 29 heavy (non-hydrogen) atoms. The van der Waals surface area contributed by atoms with Crippen molar-refractivity contribution >= 4 is 29.2 Å². The predicted molar refractivity (Wildman–Crippen MR) is 119 cm³/mol. The number of nitrogens with zero attached hydrogens (tertiary/aromatic N) is 2. The second-order valence-electron chi connectivity index (χ2n) is 6.57. The Labute approximate surface area is 179 Å². The zero-order valence-electron chi connectivity index (χ0n) is 15.8. The molecule has 0 aliphatic rings. The maximum absolute atomic E-state index is 6.15. The molecule has 1 N–H and O–H groups in total. The average molecular weight is 424 g/mol. The highest BCUT2D eigenvalue weighted by Crippen LogP contribution is 2.29. The van der Waals surface area contributed by atoms with Crippen LogP contribution >= 0.6 is 23.2 Å². The molecular formula is C23H19Cl2N3O. The molecule has 0 bridgehead atoms. The molecule has 0 radical (unpaired) electrons. The maximum Gasteiger partial charge on any atom is 0.203 e. The minimum absolute atomic E-state index is 0.523. The Bertz CT molecular complexity index is 1130. The van der Waals surface area contributed by atoms with Gasteiger partial charge < -0.3 is 14.6 Å². The second-order valence-corrected chi connectivity index (χ2v) is 7.39. The fourth-order valence-electron chi connectivity index (χ4n) is 3.02. The Hall–Kier alpha value is -2.95. The van der Waals surface area contributed by atoms with Crippen molar-refractivity contribution < 1.29 is 4.74 Å². The third kappa shape index (κ3) is 4.56. The smallest absolute Gasteiger partial charge is 0.203 e. The van der Waals surface area contributed by atoms with Gasteiger partial charge in [0.25, 0.3) is 0 Å². The number of hydrogen-bond donors (Lipinski definition) is 1. The molecule has 0 saturated heterocycles. The maximum atomic E-state index is 6.15. The number of aromatic nitrogens is 2. The van der Waals surface area contributed by atoms with Gasteiger partial charge in [-0.15, -0.1) is 0 Å². The molecule has 4 nitrogen and oxygen atoms in total. The third-order valence-electron chi connectivity index (χ3n) is 4.53.